The fourth-order valence-electron chi connectivity index (χ4n) is 3.05. The minimum atomic E-state index is -0.154. The van der Waals surface area contributed by atoms with Crippen molar-refractivity contribution < 1.29 is 14.3 Å². The van der Waals surface area contributed by atoms with Gasteiger partial charge in [-0.15, -0.1) is 0 Å². The Hall–Kier alpha value is -2.10. The monoisotopic (exact) mass is 315 g/mol. The van der Waals surface area contributed by atoms with Crippen molar-refractivity contribution >= 4 is 18.0 Å². The van der Waals surface area contributed by atoms with Crippen LogP contribution in [0.3, 0.4) is 0 Å². The summed E-state index contributed by atoms with van der Waals surface area (Å²) in [5.41, 5.74) is 2.19. The van der Waals surface area contributed by atoms with Gasteiger partial charge in [0.1, 0.15) is 0 Å². The van der Waals surface area contributed by atoms with Crippen molar-refractivity contribution in [1.82, 2.24) is 5.32 Å². The minimum Gasteiger partial charge on any atom is -0.469 e. The van der Waals surface area contributed by atoms with Gasteiger partial charge in [0.05, 0.1) is 13.0 Å². The van der Waals surface area contributed by atoms with E-state index < -0.39 is 0 Å². The molecule has 0 saturated heterocycles. The second-order valence-corrected chi connectivity index (χ2v) is 6.16. The minimum absolute atomic E-state index is 0.0878. The Labute approximate surface area is 137 Å². The van der Waals surface area contributed by atoms with Crippen LogP contribution in [0, 0.1) is 18.8 Å². The van der Waals surface area contributed by atoms with Crippen LogP contribution in [0.5, 0.6) is 0 Å². The van der Waals surface area contributed by atoms with E-state index in [-0.39, 0.29) is 23.7 Å². The molecule has 1 aromatic rings. The van der Waals surface area contributed by atoms with Crippen LogP contribution in [-0.2, 0) is 14.3 Å². The zero-order chi connectivity index (χ0) is 16.7. The molecule has 23 heavy (non-hydrogen) atoms. The molecule has 0 spiro atoms. The highest BCUT2D eigenvalue weighted by molar-refractivity contribution is 5.91. The number of nitrogens with one attached hydrogen (secondary N) is 1. The Morgan fingerprint density at radius 2 is 1.91 bits per heavy atom. The molecule has 1 saturated carbocycles. The van der Waals surface area contributed by atoms with E-state index in [1.165, 1.54) is 12.7 Å². The molecule has 1 aliphatic carbocycles. The molecule has 1 fully saturated rings. The normalized spacial score (nSPS) is 21.1. The van der Waals surface area contributed by atoms with E-state index in [2.05, 4.69) is 5.32 Å². The number of amides is 1. The number of hydrogen-bond acceptors (Lipinski definition) is 3. The Bertz CT molecular complexity index is 562. The van der Waals surface area contributed by atoms with Crippen molar-refractivity contribution in [3.8, 4) is 0 Å². The summed E-state index contributed by atoms with van der Waals surface area (Å²) in [5, 5.41) is 2.91. The lowest BCUT2D eigenvalue weighted by Gasteiger charge is -2.29. The molecule has 1 aliphatic rings. The van der Waals surface area contributed by atoms with Crippen LogP contribution >= 0.6 is 0 Å². The standard InChI is InChI=1S/C19H25NO3/c1-14-7-9-15(10-8-14)11-12-18(21)20-13-16-5-3-4-6-17(16)19(22)23-2/h7-12,16-17H,3-6,13H2,1-2H3,(H,20,21)/b12-11+. The van der Waals surface area contributed by atoms with Crippen molar-refractivity contribution in [1.29, 1.82) is 0 Å². The maximum absolute atomic E-state index is 12.0. The van der Waals surface area contributed by atoms with Gasteiger partial charge in [0.25, 0.3) is 0 Å². The molecule has 4 nitrogen and oxygen atoms in total. The molecule has 2 atom stereocenters. The highest BCUT2D eigenvalue weighted by Gasteiger charge is 2.31. The first-order valence-electron chi connectivity index (χ1n) is 8.20. The lowest BCUT2D eigenvalue weighted by molar-refractivity contribution is -0.148. The topological polar surface area (TPSA) is 55.4 Å². The van der Waals surface area contributed by atoms with Gasteiger partial charge >= 0.3 is 5.97 Å². The number of benzene rings is 1. The number of esters is 1. The van der Waals surface area contributed by atoms with Crippen LogP contribution in [0.15, 0.2) is 30.3 Å². The first-order valence-corrected chi connectivity index (χ1v) is 8.20. The first-order chi connectivity index (χ1) is 11.1. The Kier molecular flexibility index (Phi) is 6.39. The zero-order valence-electron chi connectivity index (χ0n) is 13.9. The molecule has 124 valence electrons. The van der Waals surface area contributed by atoms with E-state index in [9.17, 15) is 9.59 Å². The molecule has 0 radical (unpaired) electrons. The third-order valence-electron chi connectivity index (χ3n) is 4.46. The van der Waals surface area contributed by atoms with Gasteiger partial charge in [0.15, 0.2) is 0 Å². The third-order valence-corrected chi connectivity index (χ3v) is 4.46. The maximum atomic E-state index is 12.0. The highest BCUT2D eigenvalue weighted by atomic mass is 16.5. The van der Waals surface area contributed by atoms with Crippen LogP contribution in [-0.4, -0.2) is 25.5 Å². The molecule has 2 unspecified atom stereocenters. The Morgan fingerprint density at radius 1 is 1.22 bits per heavy atom. The van der Waals surface area contributed by atoms with Crippen LogP contribution in [0.4, 0.5) is 0 Å². The van der Waals surface area contributed by atoms with Gasteiger partial charge in [0, 0.05) is 12.6 Å². The Morgan fingerprint density at radius 3 is 2.61 bits per heavy atom. The highest BCUT2D eigenvalue weighted by Crippen LogP contribution is 2.30. The number of hydrogen-bond donors (Lipinski definition) is 1. The number of aryl methyl sites for hydroxylation is 1. The molecule has 2 rings (SSSR count). The van der Waals surface area contributed by atoms with Crippen molar-refractivity contribution in [2.45, 2.75) is 32.6 Å². The zero-order valence-corrected chi connectivity index (χ0v) is 13.9. The molecule has 4 heteroatoms. The number of methoxy groups -OCH3 is 1. The fraction of sp³-hybridized carbons (Fsp3) is 0.474. The van der Waals surface area contributed by atoms with Crippen molar-refractivity contribution in [3.63, 3.8) is 0 Å². The predicted octanol–water partition coefficient (Wildman–Crippen LogP) is 3.10. The fourth-order valence-corrected chi connectivity index (χ4v) is 3.05. The van der Waals surface area contributed by atoms with E-state index in [0.29, 0.717) is 6.54 Å². The molecule has 0 aliphatic heterocycles. The largest absolute Gasteiger partial charge is 0.469 e. The number of ether oxygens (including phenoxy) is 1. The quantitative estimate of drug-likeness (QED) is 0.671. The molecule has 0 heterocycles. The van der Waals surface area contributed by atoms with Gasteiger partial charge < -0.3 is 10.1 Å². The molecule has 1 amide bonds. The van der Waals surface area contributed by atoms with Gasteiger partial charge in [-0.3, -0.25) is 9.59 Å². The summed E-state index contributed by atoms with van der Waals surface area (Å²) in [6, 6.07) is 7.99. The van der Waals surface area contributed by atoms with E-state index in [1.54, 1.807) is 12.2 Å². The lowest BCUT2D eigenvalue weighted by atomic mass is 9.79. The Balaban J connectivity index is 1.85. The lowest BCUT2D eigenvalue weighted by Crippen LogP contribution is -2.37. The summed E-state index contributed by atoms with van der Waals surface area (Å²) in [5.74, 6) is -0.193. The molecule has 1 aromatic carbocycles. The van der Waals surface area contributed by atoms with Gasteiger partial charge in [-0.2, -0.15) is 0 Å². The average molecular weight is 315 g/mol. The molecule has 1 N–H and O–H groups in total. The van der Waals surface area contributed by atoms with E-state index in [4.69, 9.17) is 4.74 Å². The van der Waals surface area contributed by atoms with E-state index in [1.807, 2.05) is 31.2 Å². The SMILES string of the molecule is COC(=O)C1CCCCC1CNC(=O)/C=C/c1ccc(C)cc1. The second kappa shape index (κ2) is 8.51. The number of carbonyl (C=O) groups excluding carboxylic acids is 2. The third kappa shape index (κ3) is 5.23. The summed E-state index contributed by atoms with van der Waals surface area (Å²) < 4.78 is 4.88. The van der Waals surface area contributed by atoms with Crippen LogP contribution in [0.25, 0.3) is 6.08 Å². The van der Waals surface area contributed by atoms with Crippen molar-refractivity contribution in [2.75, 3.05) is 13.7 Å². The number of carbonyl (C=O) groups is 2. The van der Waals surface area contributed by atoms with Crippen LogP contribution in [0.2, 0.25) is 0 Å². The van der Waals surface area contributed by atoms with Gasteiger partial charge in [-0.1, -0.05) is 42.7 Å². The van der Waals surface area contributed by atoms with E-state index >= 15 is 0 Å². The van der Waals surface area contributed by atoms with Crippen LogP contribution in [0.1, 0.15) is 36.8 Å². The summed E-state index contributed by atoms with van der Waals surface area (Å²) in [6.45, 7) is 2.55. The summed E-state index contributed by atoms with van der Waals surface area (Å²) in [4.78, 5) is 23.8. The number of rotatable bonds is 5. The smallest absolute Gasteiger partial charge is 0.309 e. The van der Waals surface area contributed by atoms with Gasteiger partial charge in [-0.25, -0.2) is 0 Å². The van der Waals surface area contributed by atoms with Crippen molar-refractivity contribution in [3.05, 3.63) is 41.5 Å². The molecular weight excluding hydrogens is 290 g/mol. The van der Waals surface area contributed by atoms with Gasteiger partial charge in [-0.05, 0) is 37.3 Å². The van der Waals surface area contributed by atoms with Crippen molar-refractivity contribution in [2.24, 2.45) is 11.8 Å². The van der Waals surface area contributed by atoms with Crippen LogP contribution < -0.4 is 5.32 Å². The molecule has 0 bridgehead atoms. The first kappa shape index (κ1) is 17.3. The maximum Gasteiger partial charge on any atom is 0.309 e. The summed E-state index contributed by atoms with van der Waals surface area (Å²) in [7, 11) is 1.43. The van der Waals surface area contributed by atoms with Gasteiger partial charge in [0.2, 0.25) is 5.91 Å². The summed E-state index contributed by atoms with van der Waals surface area (Å²) >= 11 is 0. The second-order valence-electron chi connectivity index (χ2n) is 6.16. The molecular formula is C19H25NO3. The summed E-state index contributed by atoms with van der Waals surface area (Å²) in [6.07, 6.45) is 7.31. The average Bonchev–Trinajstić information content (AvgIpc) is 2.59. The predicted molar refractivity (Wildman–Crippen MR) is 90.7 cm³/mol. The molecule has 0 aromatic heterocycles. The van der Waals surface area contributed by atoms with E-state index in [0.717, 1.165) is 31.2 Å².